The number of aromatic nitrogens is 2. The molecular weight excluding hydrogens is 292 g/mol. The van der Waals surface area contributed by atoms with E-state index in [1.807, 2.05) is 12.3 Å². The maximum absolute atomic E-state index is 10.9. The molecule has 0 bridgehead atoms. The normalized spacial score (nSPS) is 11.1. The quantitative estimate of drug-likeness (QED) is 0.680. The first kappa shape index (κ1) is 15.5. The van der Waals surface area contributed by atoms with Crippen molar-refractivity contribution in [1.29, 1.82) is 0 Å². The number of nitrogens with one attached hydrogen (secondary N) is 1. The molecule has 0 radical (unpaired) electrons. The van der Waals surface area contributed by atoms with Crippen molar-refractivity contribution in [2.45, 2.75) is 33.4 Å². The van der Waals surface area contributed by atoms with E-state index >= 15 is 0 Å². The highest BCUT2D eigenvalue weighted by atomic mass is 35.5. The summed E-state index contributed by atoms with van der Waals surface area (Å²) in [7, 11) is 0. The van der Waals surface area contributed by atoms with Crippen LogP contribution in [0.15, 0.2) is 24.4 Å². The van der Waals surface area contributed by atoms with Gasteiger partial charge in [-0.3, -0.25) is 10.1 Å². The fourth-order valence-electron chi connectivity index (χ4n) is 1.94. The van der Waals surface area contributed by atoms with Crippen molar-refractivity contribution in [3.8, 4) is 5.69 Å². The van der Waals surface area contributed by atoms with Crippen LogP contribution in [0.5, 0.6) is 0 Å². The van der Waals surface area contributed by atoms with Crippen molar-refractivity contribution in [2.24, 2.45) is 0 Å². The summed E-state index contributed by atoms with van der Waals surface area (Å²) in [5.74, 6) is 0. The van der Waals surface area contributed by atoms with E-state index in [0.29, 0.717) is 12.6 Å². The second-order valence-corrected chi connectivity index (χ2v) is 5.54. The van der Waals surface area contributed by atoms with E-state index in [1.54, 1.807) is 17.7 Å². The number of aryl methyl sites for hydroxylation is 1. The van der Waals surface area contributed by atoms with Gasteiger partial charge in [0.15, 0.2) is 0 Å². The Morgan fingerprint density at radius 1 is 1.48 bits per heavy atom. The van der Waals surface area contributed by atoms with Crippen LogP contribution in [-0.4, -0.2) is 20.7 Å². The van der Waals surface area contributed by atoms with Gasteiger partial charge in [0, 0.05) is 24.8 Å². The molecule has 0 spiro atoms. The maximum Gasteiger partial charge on any atom is 0.288 e. The molecule has 2 aromatic rings. The van der Waals surface area contributed by atoms with Gasteiger partial charge >= 0.3 is 0 Å². The highest BCUT2D eigenvalue weighted by molar-refractivity contribution is 6.32. The van der Waals surface area contributed by atoms with Crippen LogP contribution >= 0.6 is 11.6 Å². The average Bonchev–Trinajstić information content (AvgIpc) is 2.87. The Bertz CT molecular complexity index is 667. The molecule has 0 unspecified atom stereocenters. The Morgan fingerprint density at radius 3 is 2.81 bits per heavy atom. The molecule has 0 aliphatic heterocycles. The molecule has 1 aromatic heterocycles. The summed E-state index contributed by atoms with van der Waals surface area (Å²) in [6, 6.07) is 5.32. The topological polar surface area (TPSA) is 73.0 Å². The molecule has 1 heterocycles. The van der Waals surface area contributed by atoms with Gasteiger partial charge in [0.2, 0.25) is 0 Å². The summed E-state index contributed by atoms with van der Waals surface area (Å²) >= 11 is 5.96. The van der Waals surface area contributed by atoms with Crippen LogP contribution in [0.3, 0.4) is 0 Å². The molecule has 0 aliphatic rings. The molecule has 0 aliphatic carbocycles. The SMILES string of the molecule is Cc1cc([N+](=O)[O-])c(Cl)cc1-n1ccc(CNC(C)C)n1. The third-order valence-electron chi connectivity index (χ3n) is 3.04. The Kier molecular flexibility index (Phi) is 4.59. The van der Waals surface area contributed by atoms with Gasteiger partial charge in [0.05, 0.1) is 16.3 Å². The second kappa shape index (κ2) is 6.24. The lowest BCUT2D eigenvalue weighted by Crippen LogP contribution is -2.22. The van der Waals surface area contributed by atoms with E-state index in [2.05, 4.69) is 24.3 Å². The van der Waals surface area contributed by atoms with E-state index in [4.69, 9.17) is 11.6 Å². The standard InChI is InChI=1S/C14H17ClN4O2/c1-9(2)16-8-11-4-5-18(17-11)13-7-12(15)14(19(20)21)6-10(13)3/h4-7,9,16H,8H2,1-3H3. The lowest BCUT2D eigenvalue weighted by Gasteiger charge is -2.08. The zero-order valence-corrected chi connectivity index (χ0v) is 12.9. The van der Waals surface area contributed by atoms with Crippen molar-refractivity contribution in [2.75, 3.05) is 0 Å². The molecule has 2 rings (SSSR count). The summed E-state index contributed by atoms with van der Waals surface area (Å²) in [6.45, 7) is 6.60. The molecule has 7 heteroatoms. The lowest BCUT2D eigenvalue weighted by atomic mass is 10.2. The molecule has 6 nitrogen and oxygen atoms in total. The Hall–Kier alpha value is -1.92. The molecule has 112 valence electrons. The van der Waals surface area contributed by atoms with E-state index in [-0.39, 0.29) is 10.7 Å². The number of hydrogen-bond donors (Lipinski definition) is 1. The lowest BCUT2D eigenvalue weighted by molar-refractivity contribution is -0.384. The van der Waals surface area contributed by atoms with Crippen molar-refractivity contribution in [3.63, 3.8) is 0 Å². The summed E-state index contributed by atoms with van der Waals surface area (Å²) in [5, 5.41) is 18.7. The molecule has 21 heavy (non-hydrogen) atoms. The highest BCUT2D eigenvalue weighted by Gasteiger charge is 2.16. The van der Waals surface area contributed by atoms with Gasteiger partial charge in [-0.1, -0.05) is 25.4 Å². The van der Waals surface area contributed by atoms with Crippen molar-refractivity contribution >= 4 is 17.3 Å². The minimum atomic E-state index is -0.486. The first-order valence-electron chi connectivity index (χ1n) is 6.61. The van der Waals surface area contributed by atoms with Gasteiger partial charge in [-0.25, -0.2) is 4.68 Å². The number of rotatable bonds is 5. The van der Waals surface area contributed by atoms with Gasteiger partial charge in [-0.15, -0.1) is 0 Å². The number of nitro benzene ring substituents is 1. The minimum absolute atomic E-state index is 0.0910. The van der Waals surface area contributed by atoms with Crippen molar-refractivity contribution < 1.29 is 4.92 Å². The Morgan fingerprint density at radius 2 is 2.19 bits per heavy atom. The van der Waals surface area contributed by atoms with E-state index in [9.17, 15) is 10.1 Å². The Balaban J connectivity index is 2.30. The summed E-state index contributed by atoms with van der Waals surface area (Å²) in [4.78, 5) is 10.4. The highest BCUT2D eigenvalue weighted by Crippen LogP contribution is 2.29. The summed E-state index contributed by atoms with van der Waals surface area (Å²) < 4.78 is 1.68. The van der Waals surface area contributed by atoms with Crippen LogP contribution in [0.4, 0.5) is 5.69 Å². The first-order chi connectivity index (χ1) is 9.88. The fourth-order valence-corrected chi connectivity index (χ4v) is 2.17. The molecule has 0 saturated carbocycles. The average molecular weight is 309 g/mol. The third-order valence-corrected chi connectivity index (χ3v) is 3.35. The first-order valence-corrected chi connectivity index (χ1v) is 6.99. The summed E-state index contributed by atoms with van der Waals surface area (Å²) in [5.41, 5.74) is 2.29. The molecule has 1 N–H and O–H groups in total. The molecule has 0 saturated heterocycles. The van der Waals surface area contributed by atoms with E-state index < -0.39 is 4.92 Å². The van der Waals surface area contributed by atoms with Crippen LogP contribution in [0.25, 0.3) is 5.69 Å². The van der Waals surface area contributed by atoms with Gasteiger partial charge in [-0.2, -0.15) is 5.10 Å². The third kappa shape index (κ3) is 3.59. The molecular formula is C14H17ClN4O2. The van der Waals surface area contributed by atoms with Crippen LogP contribution in [0, 0.1) is 17.0 Å². The van der Waals surface area contributed by atoms with Crippen LogP contribution < -0.4 is 5.32 Å². The van der Waals surface area contributed by atoms with Crippen molar-refractivity contribution in [3.05, 3.63) is 50.8 Å². The molecule has 0 fully saturated rings. The fraction of sp³-hybridized carbons (Fsp3) is 0.357. The zero-order valence-electron chi connectivity index (χ0n) is 12.1. The van der Waals surface area contributed by atoms with E-state index in [0.717, 1.165) is 16.9 Å². The molecule has 1 aromatic carbocycles. The van der Waals surface area contributed by atoms with Gasteiger partial charge in [0.25, 0.3) is 5.69 Å². The summed E-state index contributed by atoms with van der Waals surface area (Å²) in [6.07, 6.45) is 1.82. The number of hydrogen-bond acceptors (Lipinski definition) is 4. The smallest absolute Gasteiger partial charge is 0.288 e. The van der Waals surface area contributed by atoms with E-state index in [1.165, 1.54) is 6.07 Å². The monoisotopic (exact) mass is 308 g/mol. The molecule has 0 atom stereocenters. The van der Waals surface area contributed by atoms with Crippen LogP contribution in [0.2, 0.25) is 5.02 Å². The predicted octanol–water partition coefficient (Wildman–Crippen LogP) is 3.24. The minimum Gasteiger partial charge on any atom is -0.309 e. The van der Waals surface area contributed by atoms with Crippen LogP contribution in [0.1, 0.15) is 25.1 Å². The van der Waals surface area contributed by atoms with Gasteiger partial charge in [0.1, 0.15) is 5.02 Å². The number of halogens is 1. The number of benzene rings is 1. The van der Waals surface area contributed by atoms with Gasteiger partial charge < -0.3 is 5.32 Å². The predicted molar refractivity (Wildman–Crippen MR) is 81.9 cm³/mol. The Labute approximate surface area is 127 Å². The van der Waals surface area contributed by atoms with Crippen molar-refractivity contribution in [1.82, 2.24) is 15.1 Å². The van der Waals surface area contributed by atoms with Gasteiger partial charge in [-0.05, 0) is 24.6 Å². The number of nitrogens with zero attached hydrogens (tertiary/aromatic N) is 3. The van der Waals surface area contributed by atoms with Crippen LogP contribution in [-0.2, 0) is 6.54 Å². The zero-order chi connectivity index (χ0) is 15.6. The maximum atomic E-state index is 10.9. The second-order valence-electron chi connectivity index (χ2n) is 5.13. The number of nitro groups is 1. The largest absolute Gasteiger partial charge is 0.309 e. The molecule has 0 amide bonds.